The van der Waals surface area contributed by atoms with Crippen LogP contribution in [0.1, 0.15) is 17.2 Å². The number of nitrogens with zero attached hydrogens (tertiary/aromatic N) is 3. The standard InChI is InChI=1S/C14H16N4O2/c19-18(20)13-3-1-11(2-4-13)5-6-17-10-16-9-14(17)12-7-15-8-12/h1-4,9-10,12,15H,5-8H2. The van der Waals surface area contributed by atoms with Gasteiger partial charge in [0.15, 0.2) is 0 Å². The zero-order valence-corrected chi connectivity index (χ0v) is 11.0. The van der Waals surface area contributed by atoms with E-state index < -0.39 is 0 Å². The Morgan fingerprint density at radius 2 is 2.10 bits per heavy atom. The molecule has 104 valence electrons. The van der Waals surface area contributed by atoms with E-state index in [0.717, 1.165) is 31.6 Å². The van der Waals surface area contributed by atoms with Crippen LogP contribution in [0.2, 0.25) is 0 Å². The minimum absolute atomic E-state index is 0.137. The van der Waals surface area contributed by atoms with E-state index >= 15 is 0 Å². The summed E-state index contributed by atoms with van der Waals surface area (Å²) in [4.78, 5) is 14.5. The van der Waals surface area contributed by atoms with Crippen LogP contribution in [0, 0.1) is 10.1 Å². The van der Waals surface area contributed by atoms with Crippen LogP contribution in [0.5, 0.6) is 0 Å². The molecule has 2 aromatic rings. The maximum atomic E-state index is 10.6. The lowest BCUT2D eigenvalue weighted by molar-refractivity contribution is -0.384. The van der Waals surface area contributed by atoms with Crippen LogP contribution >= 0.6 is 0 Å². The molecule has 0 bridgehead atoms. The van der Waals surface area contributed by atoms with Crippen molar-refractivity contribution in [2.24, 2.45) is 0 Å². The molecule has 0 radical (unpaired) electrons. The maximum Gasteiger partial charge on any atom is 0.269 e. The average molecular weight is 272 g/mol. The van der Waals surface area contributed by atoms with Gasteiger partial charge >= 0.3 is 0 Å². The predicted octanol–water partition coefficient (Wildman–Crippen LogP) is 1.72. The third kappa shape index (κ3) is 2.55. The number of non-ortho nitro benzene ring substituents is 1. The third-order valence-corrected chi connectivity index (χ3v) is 3.73. The molecule has 1 aromatic heterocycles. The monoisotopic (exact) mass is 272 g/mol. The van der Waals surface area contributed by atoms with E-state index in [2.05, 4.69) is 14.9 Å². The molecule has 1 aliphatic rings. The van der Waals surface area contributed by atoms with Gasteiger partial charge in [0.1, 0.15) is 0 Å². The molecule has 1 N–H and O–H groups in total. The van der Waals surface area contributed by atoms with E-state index in [9.17, 15) is 10.1 Å². The molecular formula is C14H16N4O2. The van der Waals surface area contributed by atoms with E-state index in [1.807, 2.05) is 24.7 Å². The first-order valence-corrected chi connectivity index (χ1v) is 6.68. The van der Waals surface area contributed by atoms with Crippen molar-refractivity contribution in [2.75, 3.05) is 13.1 Å². The van der Waals surface area contributed by atoms with Crippen LogP contribution in [-0.4, -0.2) is 27.6 Å². The number of nitro groups is 1. The van der Waals surface area contributed by atoms with Gasteiger partial charge in [-0.1, -0.05) is 12.1 Å². The van der Waals surface area contributed by atoms with Crippen LogP contribution in [0.4, 0.5) is 5.69 Å². The molecule has 1 aliphatic heterocycles. The Morgan fingerprint density at radius 3 is 2.70 bits per heavy atom. The summed E-state index contributed by atoms with van der Waals surface area (Å²) in [5.41, 5.74) is 2.50. The fourth-order valence-electron chi connectivity index (χ4n) is 2.39. The van der Waals surface area contributed by atoms with Gasteiger partial charge in [0.05, 0.1) is 11.3 Å². The van der Waals surface area contributed by atoms with Gasteiger partial charge in [-0.3, -0.25) is 10.1 Å². The smallest absolute Gasteiger partial charge is 0.269 e. The maximum absolute atomic E-state index is 10.6. The summed E-state index contributed by atoms with van der Waals surface area (Å²) >= 11 is 0. The van der Waals surface area contributed by atoms with Crippen molar-refractivity contribution >= 4 is 5.69 Å². The zero-order chi connectivity index (χ0) is 13.9. The van der Waals surface area contributed by atoms with Gasteiger partial charge < -0.3 is 9.88 Å². The van der Waals surface area contributed by atoms with Crippen LogP contribution < -0.4 is 5.32 Å². The summed E-state index contributed by atoms with van der Waals surface area (Å²) < 4.78 is 2.17. The second-order valence-electron chi connectivity index (χ2n) is 5.04. The summed E-state index contributed by atoms with van der Waals surface area (Å²) in [6.07, 6.45) is 4.64. The summed E-state index contributed by atoms with van der Waals surface area (Å²) in [6.45, 7) is 2.89. The summed E-state index contributed by atoms with van der Waals surface area (Å²) in [5, 5.41) is 13.9. The second kappa shape index (κ2) is 5.42. The third-order valence-electron chi connectivity index (χ3n) is 3.73. The molecule has 0 unspecified atom stereocenters. The molecule has 1 fully saturated rings. The number of benzene rings is 1. The first-order valence-electron chi connectivity index (χ1n) is 6.68. The topological polar surface area (TPSA) is 73.0 Å². The van der Waals surface area contributed by atoms with E-state index in [0.29, 0.717) is 5.92 Å². The lowest BCUT2D eigenvalue weighted by Crippen LogP contribution is -2.40. The molecule has 3 rings (SSSR count). The first kappa shape index (κ1) is 12.8. The molecule has 0 atom stereocenters. The lowest BCUT2D eigenvalue weighted by Gasteiger charge is -2.27. The number of hydrogen-bond donors (Lipinski definition) is 1. The van der Waals surface area contributed by atoms with Crippen molar-refractivity contribution in [3.05, 3.63) is 58.2 Å². The van der Waals surface area contributed by atoms with Gasteiger partial charge in [0, 0.05) is 49.6 Å². The molecule has 0 spiro atoms. The number of rotatable bonds is 5. The SMILES string of the molecule is O=[N+]([O-])c1ccc(CCn2cncc2C2CNC2)cc1. The summed E-state index contributed by atoms with van der Waals surface area (Å²) in [7, 11) is 0. The van der Waals surface area contributed by atoms with Crippen molar-refractivity contribution < 1.29 is 4.92 Å². The summed E-state index contributed by atoms with van der Waals surface area (Å²) in [5.74, 6) is 0.564. The highest BCUT2D eigenvalue weighted by atomic mass is 16.6. The fraction of sp³-hybridized carbons (Fsp3) is 0.357. The normalized spacial score (nSPS) is 15.0. The molecule has 1 aromatic carbocycles. The highest BCUT2D eigenvalue weighted by Crippen LogP contribution is 2.20. The van der Waals surface area contributed by atoms with Gasteiger partial charge in [0.25, 0.3) is 5.69 Å². The van der Waals surface area contributed by atoms with Crippen molar-refractivity contribution in [2.45, 2.75) is 18.9 Å². The number of nitrogens with one attached hydrogen (secondary N) is 1. The second-order valence-corrected chi connectivity index (χ2v) is 5.04. The molecule has 0 aliphatic carbocycles. The Balaban J connectivity index is 1.64. The highest BCUT2D eigenvalue weighted by molar-refractivity contribution is 5.32. The van der Waals surface area contributed by atoms with Crippen molar-refractivity contribution in [1.29, 1.82) is 0 Å². The zero-order valence-electron chi connectivity index (χ0n) is 11.0. The number of hydrogen-bond acceptors (Lipinski definition) is 4. The van der Waals surface area contributed by atoms with Crippen molar-refractivity contribution in [3.8, 4) is 0 Å². The van der Waals surface area contributed by atoms with E-state index in [1.165, 1.54) is 5.69 Å². The predicted molar refractivity (Wildman–Crippen MR) is 74.6 cm³/mol. The molecular weight excluding hydrogens is 256 g/mol. The van der Waals surface area contributed by atoms with Crippen LogP contribution in [0.3, 0.4) is 0 Å². The number of imidazole rings is 1. The van der Waals surface area contributed by atoms with Gasteiger partial charge in [0.2, 0.25) is 0 Å². The number of nitro benzene ring substituents is 1. The molecule has 6 nitrogen and oxygen atoms in total. The molecule has 20 heavy (non-hydrogen) atoms. The molecule has 6 heteroatoms. The van der Waals surface area contributed by atoms with Crippen LogP contribution in [-0.2, 0) is 13.0 Å². The van der Waals surface area contributed by atoms with Crippen LogP contribution in [0.25, 0.3) is 0 Å². The van der Waals surface area contributed by atoms with Crippen LogP contribution in [0.15, 0.2) is 36.8 Å². The molecule has 0 saturated carbocycles. The minimum atomic E-state index is -0.374. The van der Waals surface area contributed by atoms with Crippen molar-refractivity contribution in [1.82, 2.24) is 14.9 Å². The Kier molecular flexibility index (Phi) is 3.47. The quantitative estimate of drug-likeness (QED) is 0.664. The van der Waals surface area contributed by atoms with Gasteiger partial charge in [-0.25, -0.2) is 4.98 Å². The van der Waals surface area contributed by atoms with Gasteiger partial charge in [-0.15, -0.1) is 0 Å². The number of aryl methyl sites for hydroxylation is 2. The Hall–Kier alpha value is -2.21. The largest absolute Gasteiger partial charge is 0.334 e. The first-order chi connectivity index (χ1) is 9.74. The van der Waals surface area contributed by atoms with Gasteiger partial charge in [-0.2, -0.15) is 0 Å². The van der Waals surface area contributed by atoms with E-state index in [1.54, 1.807) is 12.1 Å². The average Bonchev–Trinajstić information content (AvgIpc) is 2.83. The lowest BCUT2D eigenvalue weighted by atomic mass is 10.00. The molecule has 1 saturated heterocycles. The highest BCUT2D eigenvalue weighted by Gasteiger charge is 2.22. The van der Waals surface area contributed by atoms with Crippen molar-refractivity contribution in [3.63, 3.8) is 0 Å². The molecule has 0 amide bonds. The Labute approximate surface area is 116 Å². The van der Waals surface area contributed by atoms with Gasteiger partial charge in [-0.05, 0) is 12.0 Å². The number of aromatic nitrogens is 2. The Bertz CT molecular complexity index is 602. The van der Waals surface area contributed by atoms with E-state index in [-0.39, 0.29) is 10.6 Å². The minimum Gasteiger partial charge on any atom is -0.334 e. The van der Waals surface area contributed by atoms with E-state index in [4.69, 9.17) is 0 Å². The fourth-order valence-corrected chi connectivity index (χ4v) is 2.39. The Morgan fingerprint density at radius 1 is 1.35 bits per heavy atom. The molecule has 2 heterocycles. The summed E-state index contributed by atoms with van der Waals surface area (Å²) in [6, 6.07) is 6.75.